The fourth-order valence-corrected chi connectivity index (χ4v) is 3.22. The van der Waals surface area contributed by atoms with Crippen molar-refractivity contribution in [2.24, 2.45) is 5.92 Å². The smallest absolute Gasteiger partial charge is 0.101 e. The first-order valence-electron chi connectivity index (χ1n) is 7.36. The van der Waals surface area contributed by atoms with Crippen molar-refractivity contribution < 1.29 is 0 Å². The summed E-state index contributed by atoms with van der Waals surface area (Å²) in [7, 11) is 0. The summed E-state index contributed by atoms with van der Waals surface area (Å²) in [6.07, 6.45) is 2.85. The van der Waals surface area contributed by atoms with E-state index in [0.717, 1.165) is 54.2 Å². The Kier molecular flexibility index (Phi) is 4.28. The number of halogens is 1. The van der Waals surface area contributed by atoms with E-state index in [1.54, 1.807) is 0 Å². The lowest BCUT2D eigenvalue weighted by atomic mass is 10.1. The quantitative estimate of drug-likeness (QED) is 0.793. The van der Waals surface area contributed by atoms with E-state index in [9.17, 15) is 5.26 Å². The number of piperazine rings is 1. The van der Waals surface area contributed by atoms with Crippen LogP contribution in [-0.4, -0.2) is 37.6 Å². The molecule has 1 aliphatic carbocycles. The second-order valence-electron chi connectivity index (χ2n) is 5.83. The molecule has 0 N–H and O–H groups in total. The van der Waals surface area contributed by atoms with Crippen molar-refractivity contribution in [3.63, 3.8) is 0 Å². The van der Waals surface area contributed by atoms with Crippen LogP contribution in [0, 0.1) is 17.2 Å². The van der Waals surface area contributed by atoms with Gasteiger partial charge in [0.15, 0.2) is 0 Å². The molecule has 1 aromatic carbocycles. The Bertz CT molecular complexity index is 511. The molecule has 3 rings (SSSR count). The summed E-state index contributed by atoms with van der Waals surface area (Å²) in [5, 5.41) is 10.1. The van der Waals surface area contributed by atoms with Crippen molar-refractivity contribution >= 4 is 21.6 Å². The average Bonchev–Trinajstić information content (AvgIpc) is 3.31. The summed E-state index contributed by atoms with van der Waals surface area (Å²) in [6, 6.07) is 8.56. The van der Waals surface area contributed by atoms with Crippen LogP contribution < -0.4 is 4.90 Å². The third-order valence-corrected chi connectivity index (χ3v) is 4.91. The predicted molar refractivity (Wildman–Crippen MR) is 85.2 cm³/mol. The first-order valence-corrected chi connectivity index (χ1v) is 8.48. The molecule has 106 valence electrons. The zero-order valence-electron chi connectivity index (χ0n) is 11.7. The Morgan fingerprint density at radius 1 is 1.20 bits per heavy atom. The molecule has 1 heterocycles. The first-order chi connectivity index (χ1) is 9.80. The maximum Gasteiger partial charge on any atom is 0.101 e. The van der Waals surface area contributed by atoms with Crippen LogP contribution in [0.25, 0.3) is 0 Å². The van der Waals surface area contributed by atoms with Crippen molar-refractivity contribution in [1.29, 1.82) is 5.26 Å². The number of nitrogens with zero attached hydrogens (tertiary/aromatic N) is 3. The predicted octanol–water partition coefficient (Wildman–Crippen LogP) is 2.99. The minimum atomic E-state index is 0.803. The third-order valence-electron chi connectivity index (χ3n) is 4.26. The van der Waals surface area contributed by atoms with E-state index in [4.69, 9.17) is 0 Å². The lowest BCUT2D eigenvalue weighted by Gasteiger charge is -2.36. The summed E-state index contributed by atoms with van der Waals surface area (Å²) in [6.45, 7) is 5.61. The minimum Gasteiger partial charge on any atom is -0.368 e. The van der Waals surface area contributed by atoms with Crippen molar-refractivity contribution in [3.05, 3.63) is 29.3 Å². The van der Waals surface area contributed by atoms with Gasteiger partial charge in [-0.15, -0.1) is 0 Å². The van der Waals surface area contributed by atoms with Gasteiger partial charge in [-0.3, -0.25) is 4.90 Å². The van der Waals surface area contributed by atoms with Gasteiger partial charge >= 0.3 is 0 Å². The van der Waals surface area contributed by atoms with E-state index in [1.165, 1.54) is 19.4 Å². The molecule has 1 aromatic rings. The van der Waals surface area contributed by atoms with Crippen LogP contribution in [0.15, 0.2) is 18.2 Å². The van der Waals surface area contributed by atoms with Gasteiger partial charge in [-0.2, -0.15) is 5.26 Å². The highest BCUT2D eigenvalue weighted by atomic mass is 79.9. The second-order valence-corrected chi connectivity index (χ2v) is 6.39. The fourth-order valence-electron chi connectivity index (χ4n) is 2.87. The number of hydrogen-bond acceptors (Lipinski definition) is 3. The Balaban J connectivity index is 1.66. The van der Waals surface area contributed by atoms with E-state index in [2.05, 4.69) is 43.9 Å². The molecular formula is C16H20BrN3. The van der Waals surface area contributed by atoms with Crippen molar-refractivity contribution in [2.45, 2.75) is 18.2 Å². The highest BCUT2D eigenvalue weighted by molar-refractivity contribution is 9.08. The van der Waals surface area contributed by atoms with Crippen LogP contribution in [-0.2, 0) is 5.33 Å². The topological polar surface area (TPSA) is 30.3 Å². The van der Waals surface area contributed by atoms with Gasteiger partial charge in [0.05, 0.1) is 11.3 Å². The minimum absolute atomic E-state index is 0.803. The van der Waals surface area contributed by atoms with Crippen LogP contribution in [0.1, 0.15) is 24.0 Å². The second kappa shape index (κ2) is 6.15. The molecule has 2 aliphatic rings. The molecule has 20 heavy (non-hydrogen) atoms. The zero-order chi connectivity index (χ0) is 13.9. The monoisotopic (exact) mass is 333 g/mol. The van der Waals surface area contributed by atoms with Crippen LogP contribution in [0.3, 0.4) is 0 Å². The molecule has 3 nitrogen and oxygen atoms in total. The maximum atomic E-state index is 9.35. The summed E-state index contributed by atoms with van der Waals surface area (Å²) in [5.74, 6) is 0.967. The van der Waals surface area contributed by atoms with Crippen LogP contribution >= 0.6 is 15.9 Å². The normalized spacial score (nSPS) is 19.9. The van der Waals surface area contributed by atoms with E-state index >= 15 is 0 Å². The van der Waals surface area contributed by atoms with Gasteiger partial charge in [-0.05, 0) is 36.5 Å². The Morgan fingerprint density at radius 3 is 2.55 bits per heavy atom. The number of alkyl halides is 1. The largest absolute Gasteiger partial charge is 0.368 e. The van der Waals surface area contributed by atoms with E-state index in [-0.39, 0.29) is 0 Å². The SMILES string of the molecule is N#Cc1cc(CBr)ccc1N1CCN(CC2CC2)CC1. The van der Waals surface area contributed by atoms with Gasteiger partial charge in [-0.1, -0.05) is 22.0 Å². The molecule has 0 atom stereocenters. The molecule has 0 amide bonds. The van der Waals surface area contributed by atoms with Gasteiger partial charge in [-0.25, -0.2) is 0 Å². The van der Waals surface area contributed by atoms with Crippen LogP contribution in [0.5, 0.6) is 0 Å². The molecule has 0 spiro atoms. The highest BCUT2D eigenvalue weighted by Gasteiger charge is 2.26. The molecular weight excluding hydrogens is 314 g/mol. The van der Waals surface area contributed by atoms with Crippen molar-refractivity contribution in [1.82, 2.24) is 4.90 Å². The number of nitriles is 1. The summed E-state index contributed by atoms with van der Waals surface area (Å²) in [4.78, 5) is 4.94. The van der Waals surface area contributed by atoms with Crippen LogP contribution in [0.2, 0.25) is 0 Å². The molecule has 4 heteroatoms. The molecule has 0 bridgehead atoms. The van der Waals surface area contributed by atoms with Gasteiger partial charge in [0.25, 0.3) is 0 Å². The molecule has 1 saturated heterocycles. The molecule has 1 aliphatic heterocycles. The van der Waals surface area contributed by atoms with E-state index in [1.807, 2.05) is 6.07 Å². The standard InChI is InChI=1S/C16H20BrN3/c17-10-14-3-4-16(15(9-14)11-18)20-7-5-19(6-8-20)12-13-1-2-13/h3-4,9,13H,1-2,5-8,10,12H2. The highest BCUT2D eigenvalue weighted by Crippen LogP contribution is 2.30. The number of benzene rings is 1. The lowest BCUT2D eigenvalue weighted by Crippen LogP contribution is -2.47. The van der Waals surface area contributed by atoms with Crippen LogP contribution in [0.4, 0.5) is 5.69 Å². The van der Waals surface area contributed by atoms with Gasteiger partial charge in [0.2, 0.25) is 0 Å². The zero-order valence-corrected chi connectivity index (χ0v) is 13.3. The third kappa shape index (κ3) is 3.16. The number of anilines is 1. The van der Waals surface area contributed by atoms with E-state index in [0.29, 0.717) is 0 Å². The van der Waals surface area contributed by atoms with Gasteiger partial charge in [0, 0.05) is 38.1 Å². The average molecular weight is 334 g/mol. The molecule has 2 fully saturated rings. The maximum absolute atomic E-state index is 9.35. The van der Waals surface area contributed by atoms with Gasteiger partial charge in [0.1, 0.15) is 6.07 Å². The molecule has 0 radical (unpaired) electrons. The molecule has 0 unspecified atom stereocenters. The lowest BCUT2D eigenvalue weighted by molar-refractivity contribution is 0.248. The summed E-state index contributed by atoms with van der Waals surface area (Å²) < 4.78 is 0. The Labute approximate surface area is 129 Å². The van der Waals surface area contributed by atoms with Crippen molar-refractivity contribution in [3.8, 4) is 6.07 Å². The number of rotatable bonds is 4. The van der Waals surface area contributed by atoms with Crippen molar-refractivity contribution in [2.75, 3.05) is 37.6 Å². The Morgan fingerprint density at radius 2 is 1.95 bits per heavy atom. The fraction of sp³-hybridized carbons (Fsp3) is 0.562. The van der Waals surface area contributed by atoms with Gasteiger partial charge < -0.3 is 4.90 Å². The first kappa shape index (κ1) is 13.9. The summed E-state index contributed by atoms with van der Waals surface area (Å²) >= 11 is 3.45. The summed E-state index contributed by atoms with van der Waals surface area (Å²) in [5.41, 5.74) is 3.07. The molecule has 0 aromatic heterocycles. The van der Waals surface area contributed by atoms with E-state index < -0.39 is 0 Å². The number of hydrogen-bond donors (Lipinski definition) is 0. The molecule has 1 saturated carbocycles. The Hall–Kier alpha value is -1.05.